The first-order valence-electron chi connectivity index (χ1n) is 6.13. The second kappa shape index (κ2) is 5.25. The van der Waals surface area contributed by atoms with Crippen molar-refractivity contribution in [2.24, 2.45) is 5.73 Å². The van der Waals surface area contributed by atoms with E-state index in [-0.39, 0.29) is 17.9 Å². The molecule has 1 aliphatic heterocycles. The molecule has 0 bridgehead atoms. The van der Waals surface area contributed by atoms with Crippen molar-refractivity contribution in [2.45, 2.75) is 25.8 Å². The van der Waals surface area contributed by atoms with E-state index in [0.717, 1.165) is 18.5 Å². The van der Waals surface area contributed by atoms with E-state index in [2.05, 4.69) is 5.32 Å². The number of nitrogens with two attached hydrogens (primary N) is 1. The number of anilines is 1. The van der Waals surface area contributed by atoms with Gasteiger partial charge in [0.25, 0.3) is 0 Å². The molecule has 1 aliphatic rings. The molecule has 1 aromatic carbocycles. The van der Waals surface area contributed by atoms with Gasteiger partial charge in [0.2, 0.25) is 0 Å². The highest BCUT2D eigenvalue weighted by atomic mass is 19.1. The van der Waals surface area contributed by atoms with Crippen LogP contribution in [-0.2, 0) is 0 Å². The highest BCUT2D eigenvalue weighted by molar-refractivity contribution is 5.72. The Kier molecular flexibility index (Phi) is 3.69. The summed E-state index contributed by atoms with van der Waals surface area (Å²) < 4.78 is 13.4. The molecule has 0 aromatic heterocycles. The first kappa shape index (κ1) is 12.7. The van der Waals surface area contributed by atoms with Gasteiger partial charge in [0.15, 0.2) is 0 Å². The van der Waals surface area contributed by atoms with Crippen LogP contribution >= 0.6 is 0 Å². The largest absolute Gasteiger partial charge is 0.382 e. The topological polar surface area (TPSA) is 58.4 Å². The predicted molar refractivity (Wildman–Crippen MR) is 68.9 cm³/mol. The molecule has 2 rings (SSSR count). The number of amides is 2. The number of hydrogen-bond acceptors (Lipinski definition) is 2. The first-order valence-corrected chi connectivity index (χ1v) is 6.13. The minimum atomic E-state index is -0.366. The third-order valence-corrected chi connectivity index (χ3v) is 3.35. The van der Waals surface area contributed by atoms with E-state index in [1.54, 1.807) is 17.9 Å². The fourth-order valence-corrected chi connectivity index (χ4v) is 2.16. The number of halogens is 1. The lowest BCUT2D eigenvalue weighted by molar-refractivity contribution is 0.193. The zero-order valence-electron chi connectivity index (χ0n) is 10.4. The predicted octanol–water partition coefficient (Wildman–Crippen LogP) is 2.09. The molecule has 98 valence electrons. The summed E-state index contributed by atoms with van der Waals surface area (Å²) in [6.45, 7) is 3.05. The van der Waals surface area contributed by atoms with Crippen molar-refractivity contribution in [2.75, 3.05) is 18.4 Å². The Hall–Kier alpha value is -1.78. The summed E-state index contributed by atoms with van der Waals surface area (Å²) in [4.78, 5) is 12.6. The maximum absolute atomic E-state index is 13.4. The van der Waals surface area contributed by atoms with Crippen molar-refractivity contribution < 1.29 is 9.18 Å². The van der Waals surface area contributed by atoms with Gasteiger partial charge in [-0.15, -0.1) is 0 Å². The van der Waals surface area contributed by atoms with Crippen LogP contribution in [0.15, 0.2) is 18.2 Å². The number of carbonyl (C=O) groups is 1. The van der Waals surface area contributed by atoms with Gasteiger partial charge in [0.05, 0.1) is 0 Å². The van der Waals surface area contributed by atoms with Crippen LogP contribution < -0.4 is 11.1 Å². The van der Waals surface area contributed by atoms with E-state index in [9.17, 15) is 9.18 Å². The molecule has 1 saturated heterocycles. The smallest absolute Gasteiger partial charge is 0.314 e. The molecule has 4 nitrogen and oxygen atoms in total. The van der Waals surface area contributed by atoms with Crippen LogP contribution in [0, 0.1) is 12.7 Å². The molecule has 0 radical (unpaired) electrons. The maximum atomic E-state index is 13.4. The third kappa shape index (κ3) is 2.91. The fraction of sp³-hybridized carbons (Fsp3) is 0.462. The summed E-state index contributed by atoms with van der Waals surface area (Å²) in [7, 11) is 0. The molecular formula is C13H18FN3O. The summed E-state index contributed by atoms with van der Waals surface area (Å²) in [5.74, 6) is -0.199. The molecule has 5 heteroatoms. The normalized spacial score (nSPS) is 16.7. The van der Waals surface area contributed by atoms with E-state index in [4.69, 9.17) is 5.73 Å². The van der Waals surface area contributed by atoms with Gasteiger partial charge >= 0.3 is 6.03 Å². The lowest BCUT2D eigenvalue weighted by Crippen LogP contribution is -2.44. The molecule has 2 amide bonds. The number of carbonyl (C=O) groups excluding carboxylic acids is 1. The van der Waals surface area contributed by atoms with E-state index in [1.807, 2.05) is 6.07 Å². The third-order valence-electron chi connectivity index (χ3n) is 3.35. The second-order valence-electron chi connectivity index (χ2n) is 4.71. The number of urea groups is 1. The van der Waals surface area contributed by atoms with Crippen LogP contribution in [0.25, 0.3) is 0 Å². The summed E-state index contributed by atoms with van der Waals surface area (Å²) in [6, 6.07) is 5.04. The van der Waals surface area contributed by atoms with Crippen LogP contribution in [0.3, 0.4) is 0 Å². The average Bonchev–Trinajstić information content (AvgIpc) is 2.34. The molecule has 0 atom stereocenters. The average molecular weight is 251 g/mol. The lowest BCUT2D eigenvalue weighted by atomic mass is 10.0. The standard InChI is InChI=1S/C13H18FN3O/c1-9-2-3-11(8-12(9)14)16-10-4-6-17(7-5-10)13(15)18/h2-3,8,10,16H,4-7H2,1H3,(H2,15,18). The molecule has 0 aliphatic carbocycles. The molecule has 1 fully saturated rings. The number of benzene rings is 1. The van der Waals surface area contributed by atoms with Gasteiger partial charge in [0.1, 0.15) is 5.82 Å². The minimum absolute atomic E-state index is 0.199. The number of nitrogens with one attached hydrogen (secondary N) is 1. The monoisotopic (exact) mass is 251 g/mol. The molecule has 18 heavy (non-hydrogen) atoms. The Morgan fingerprint density at radius 2 is 2.11 bits per heavy atom. The van der Waals surface area contributed by atoms with Crippen LogP contribution in [0.1, 0.15) is 18.4 Å². The number of hydrogen-bond donors (Lipinski definition) is 2. The Morgan fingerprint density at radius 3 is 2.67 bits per heavy atom. The summed E-state index contributed by atoms with van der Waals surface area (Å²) >= 11 is 0. The van der Waals surface area contributed by atoms with E-state index >= 15 is 0 Å². The van der Waals surface area contributed by atoms with Gasteiger partial charge in [-0.3, -0.25) is 0 Å². The second-order valence-corrected chi connectivity index (χ2v) is 4.71. The Balaban J connectivity index is 1.91. The SMILES string of the molecule is Cc1ccc(NC2CCN(C(N)=O)CC2)cc1F. The summed E-state index contributed by atoms with van der Waals surface area (Å²) in [5.41, 5.74) is 6.65. The van der Waals surface area contributed by atoms with Crippen LogP contribution in [0.5, 0.6) is 0 Å². The van der Waals surface area contributed by atoms with Crippen molar-refractivity contribution in [1.29, 1.82) is 0 Å². The van der Waals surface area contributed by atoms with E-state index in [1.165, 1.54) is 6.07 Å². The van der Waals surface area contributed by atoms with Crippen LogP contribution in [0.4, 0.5) is 14.9 Å². The molecular weight excluding hydrogens is 233 g/mol. The van der Waals surface area contributed by atoms with Crippen molar-refractivity contribution in [3.63, 3.8) is 0 Å². The van der Waals surface area contributed by atoms with Crippen molar-refractivity contribution >= 4 is 11.7 Å². The van der Waals surface area contributed by atoms with Crippen molar-refractivity contribution in [3.8, 4) is 0 Å². The maximum Gasteiger partial charge on any atom is 0.314 e. The minimum Gasteiger partial charge on any atom is -0.382 e. The Morgan fingerprint density at radius 1 is 1.44 bits per heavy atom. The molecule has 1 heterocycles. The zero-order valence-corrected chi connectivity index (χ0v) is 10.4. The van der Waals surface area contributed by atoms with Gasteiger partial charge in [0, 0.05) is 24.8 Å². The Labute approximate surface area is 106 Å². The van der Waals surface area contributed by atoms with E-state index in [0.29, 0.717) is 18.7 Å². The molecule has 3 N–H and O–H groups in total. The van der Waals surface area contributed by atoms with E-state index < -0.39 is 0 Å². The van der Waals surface area contributed by atoms with Gasteiger partial charge in [-0.25, -0.2) is 9.18 Å². The van der Waals surface area contributed by atoms with Crippen molar-refractivity contribution in [1.82, 2.24) is 4.90 Å². The zero-order chi connectivity index (χ0) is 13.1. The first-order chi connectivity index (χ1) is 8.56. The molecule has 1 aromatic rings. The number of rotatable bonds is 2. The number of aryl methyl sites for hydroxylation is 1. The summed E-state index contributed by atoms with van der Waals surface area (Å²) in [6.07, 6.45) is 1.66. The lowest BCUT2D eigenvalue weighted by Gasteiger charge is -2.31. The molecule has 0 spiro atoms. The van der Waals surface area contributed by atoms with Gasteiger partial charge in [-0.05, 0) is 37.5 Å². The molecule has 0 saturated carbocycles. The fourth-order valence-electron chi connectivity index (χ4n) is 2.16. The highest BCUT2D eigenvalue weighted by Crippen LogP contribution is 2.18. The number of primary amides is 1. The van der Waals surface area contributed by atoms with Crippen molar-refractivity contribution in [3.05, 3.63) is 29.6 Å². The van der Waals surface area contributed by atoms with Gasteiger partial charge in [-0.1, -0.05) is 6.07 Å². The van der Waals surface area contributed by atoms with Gasteiger partial charge in [-0.2, -0.15) is 0 Å². The van der Waals surface area contributed by atoms with Crippen LogP contribution in [0.2, 0.25) is 0 Å². The number of piperidine rings is 1. The van der Waals surface area contributed by atoms with Crippen LogP contribution in [-0.4, -0.2) is 30.1 Å². The molecule has 0 unspecified atom stereocenters. The number of nitrogens with zero attached hydrogens (tertiary/aromatic N) is 1. The summed E-state index contributed by atoms with van der Waals surface area (Å²) in [5, 5.41) is 3.29. The Bertz CT molecular complexity index is 442. The quantitative estimate of drug-likeness (QED) is 0.845. The highest BCUT2D eigenvalue weighted by Gasteiger charge is 2.20. The van der Waals surface area contributed by atoms with Gasteiger partial charge < -0.3 is 16.0 Å². The number of likely N-dealkylation sites (tertiary alicyclic amines) is 1.